The fourth-order valence-corrected chi connectivity index (χ4v) is 2.81. The van der Waals surface area contributed by atoms with Crippen molar-refractivity contribution in [1.29, 1.82) is 0 Å². The van der Waals surface area contributed by atoms with Gasteiger partial charge in [0.05, 0.1) is 6.10 Å². The van der Waals surface area contributed by atoms with E-state index in [-0.39, 0.29) is 25.2 Å². The van der Waals surface area contributed by atoms with Gasteiger partial charge in [0.15, 0.2) is 13.2 Å². The second-order valence-corrected chi connectivity index (χ2v) is 6.29. The van der Waals surface area contributed by atoms with Crippen molar-refractivity contribution in [3.63, 3.8) is 0 Å². The number of benzene rings is 1. The molecule has 1 aliphatic rings. The first-order valence-electron chi connectivity index (χ1n) is 8.72. The van der Waals surface area contributed by atoms with Gasteiger partial charge >= 0.3 is 11.6 Å². The highest BCUT2D eigenvalue weighted by molar-refractivity contribution is 5.82. The lowest BCUT2D eigenvalue weighted by Crippen LogP contribution is -2.35. The summed E-state index contributed by atoms with van der Waals surface area (Å²) in [5.41, 5.74) is 0.714. The highest BCUT2D eigenvalue weighted by Crippen LogP contribution is 2.22. The van der Waals surface area contributed by atoms with Crippen molar-refractivity contribution < 1.29 is 28.2 Å². The monoisotopic (exact) mass is 375 g/mol. The molecule has 0 radical (unpaired) electrons. The summed E-state index contributed by atoms with van der Waals surface area (Å²) in [4.78, 5) is 34.8. The quantitative estimate of drug-likeness (QED) is 0.575. The van der Waals surface area contributed by atoms with E-state index in [4.69, 9.17) is 18.6 Å². The van der Waals surface area contributed by atoms with Gasteiger partial charge < -0.3 is 23.9 Å². The Morgan fingerprint density at radius 3 is 2.89 bits per heavy atom. The third-order valence-corrected chi connectivity index (χ3v) is 4.19. The number of carbonyl (C=O) groups excluding carboxylic acids is 2. The molecular formula is C19H21NO7. The SMILES string of the molecule is Cc1cc(=O)oc2cc(OCC(=O)OCC(=O)NC[C@@H]3CCCO3)ccc12. The van der Waals surface area contributed by atoms with Crippen LogP contribution in [-0.2, 0) is 19.1 Å². The molecule has 0 saturated carbocycles. The third kappa shape index (κ3) is 5.30. The van der Waals surface area contributed by atoms with Gasteiger partial charge in [0.1, 0.15) is 11.3 Å². The number of hydrogen-bond acceptors (Lipinski definition) is 7. The molecule has 144 valence electrons. The van der Waals surface area contributed by atoms with E-state index in [1.807, 2.05) is 0 Å². The van der Waals surface area contributed by atoms with Crippen molar-refractivity contribution in [2.24, 2.45) is 0 Å². The smallest absolute Gasteiger partial charge is 0.344 e. The van der Waals surface area contributed by atoms with Crippen molar-refractivity contribution in [2.75, 3.05) is 26.4 Å². The van der Waals surface area contributed by atoms with Gasteiger partial charge in [0, 0.05) is 30.7 Å². The molecule has 1 aromatic heterocycles. The fraction of sp³-hybridized carbons (Fsp3) is 0.421. The van der Waals surface area contributed by atoms with Crippen LogP contribution in [0.15, 0.2) is 33.5 Å². The number of nitrogens with one attached hydrogen (secondary N) is 1. The zero-order valence-electron chi connectivity index (χ0n) is 15.0. The summed E-state index contributed by atoms with van der Waals surface area (Å²) in [6, 6.07) is 6.35. The maximum Gasteiger partial charge on any atom is 0.344 e. The summed E-state index contributed by atoms with van der Waals surface area (Å²) < 4.78 is 20.7. The summed E-state index contributed by atoms with van der Waals surface area (Å²) >= 11 is 0. The molecule has 8 heteroatoms. The Balaban J connectivity index is 1.44. The molecule has 1 aromatic carbocycles. The average Bonchev–Trinajstić information content (AvgIpc) is 3.16. The standard InChI is InChI=1S/C19H21NO7/c1-12-7-18(22)27-16-8-13(4-5-15(12)16)25-11-19(23)26-10-17(21)20-9-14-3-2-6-24-14/h4-5,7-8,14H,2-3,6,9-11H2,1H3,(H,20,21)/t14-/m0/s1. The third-order valence-electron chi connectivity index (χ3n) is 4.19. The summed E-state index contributed by atoms with van der Waals surface area (Å²) in [5.74, 6) is -0.703. The molecular weight excluding hydrogens is 354 g/mol. The second-order valence-electron chi connectivity index (χ2n) is 6.29. The van der Waals surface area contributed by atoms with Crippen LogP contribution in [0, 0.1) is 6.92 Å². The van der Waals surface area contributed by atoms with Crippen molar-refractivity contribution in [3.05, 3.63) is 40.2 Å². The molecule has 3 rings (SSSR count). The van der Waals surface area contributed by atoms with E-state index in [9.17, 15) is 14.4 Å². The maximum atomic E-state index is 11.7. The number of amides is 1. The van der Waals surface area contributed by atoms with Gasteiger partial charge in [-0.25, -0.2) is 9.59 Å². The molecule has 2 aromatic rings. The first-order valence-corrected chi connectivity index (χ1v) is 8.72. The largest absolute Gasteiger partial charge is 0.482 e. The fourth-order valence-electron chi connectivity index (χ4n) is 2.81. The molecule has 1 atom stereocenters. The Hall–Kier alpha value is -2.87. The number of esters is 1. The molecule has 1 amide bonds. The number of ether oxygens (including phenoxy) is 3. The predicted molar refractivity (Wildman–Crippen MR) is 95.7 cm³/mol. The number of rotatable bonds is 7. The molecule has 1 aliphatic heterocycles. The molecule has 1 saturated heterocycles. The minimum atomic E-state index is -0.673. The van der Waals surface area contributed by atoms with Crippen molar-refractivity contribution >= 4 is 22.8 Å². The van der Waals surface area contributed by atoms with Gasteiger partial charge in [0.2, 0.25) is 0 Å². The van der Waals surface area contributed by atoms with Crippen molar-refractivity contribution in [3.8, 4) is 5.75 Å². The average molecular weight is 375 g/mol. The summed E-state index contributed by atoms with van der Waals surface area (Å²) in [7, 11) is 0. The highest BCUT2D eigenvalue weighted by atomic mass is 16.6. The van der Waals surface area contributed by atoms with Gasteiger partial charge in [-0.1, -0.05) is 0 Å². The van der Waals surface area contributed by atoms with E-state index in [0.717, 1.165) is 23.8 Å². The van der Waals surface area contributed by atoms with Crippen LogP contribution in [0.2, 0.25) is 0 Å². The molecule has 0 bridgehead atoms. The van der Waals surface area contributed by atoms with E-state index < -0.39 is 11.6 Å². The Morgan fingerprint density at radius 2 is 2.11 bits per heavy atom. The first kappa shape index (κ1) is 18.9. The molecule has 0 unspecified atom stereocenters. The lowest BCUT2D eigenvalue weighted by molar-refractivity contribution is -0.150. The Labute approximate surface area is 155 Å². The van der Waals surface area contributed by atoms with E-state index >= 15 is 0 Å². The molecule has 2 heterocycles. The van der Waals surface area contributed by atoms with Crippen molar-refractivity contribution in [1.82, 2.24) is 5.32 Å². The minimum absolute atomic E-state index is 0.0320. The first-order chi connectivity index (χ1) is 13.0. The van der Waals surface area contributed by atoms with E-state index in [1.54, 1.807) is 19.1 Å². The van der Waals surface area contributed by atoms with E-state index in [1.165, 1.54) is 12.1 Å². The number of fused-ring (bicyclic) bond motifs is 1. The zero-order valence-corrected chi connectivity index (χ0v) is 15.0. The highest BCUT2D eigenvalue weighted by Gasteiger charge is 2.16. The van der Waals surface area contributed by atoms with Crippen LogP contribution in [-0.4, -0.2) is 44.3 Å². The van der Waals surface area contributed by atoms with Gasteiger partial charge in [-0.2, -0.15) is 0 Å². The van der Waals surface area contributed by atoms with Crippen LogP contribution in [0.3, 0.4) is 0 Å². The maximum absolute atomic E-state index is 11.7. The molecule has 1 fully saturated rings. The molecule has 0 aliphatic carbocycles. The van der Waals surface area contributed by atoms with Gasteiger partial charge in [-0.3, -0.25) is 4.79 Å². The van der Waals surface area contributed by atoms with Crippen LogP contribution < -0.4 is 15.7 Å². The van der Waals surface area contributed by atoms with Crippen LogP contribution in [0.25, 0.3) is 11.0 Å². The summed E-state index contributed by atoms with van der Waals surface area (Å²) in [6.07, 6.45) is 1.94. The molecule has 0 spiro atoms. The normalized spacial score (nSPS) is 16.3. The topological polar surface area (TPSA) is 104 Å². The Morgan fingerprint density at radius 1 is 1.26 bits per heavy atom. The van der Waals surface area contributed by atoms with E-state index in [2.05, 4.69) is 5.32 Å². The predicted octanol–water partition coefficient (Wildman–Crippen LogP) is 1.32. The van der Waals surface area contributed by atoms with E-state index in [0.29, 0.717) is 24.5 Å². The minimum Gasteiger partial charge on any atom is -0.482 e. The number of carbonyl (C=O) groups is 2. The van der Waals surface area contributed by atoms with Crippen LogP contribution in [0.4, 0.5) is 0 Å². The van der Waals surface area contributed by atoms with Gasteiger partial charge in [0.25, 0.3) is 5.91 Å². The summed E-state index contributed by atoms with van der Waals surface area (Å²) in [5, 5.41) is 3.45. The second kappa shape index (κ2) is 8.68. The van der Waals surface area contributed by atoms with Crippen LogP contribution in [0.1, 0.15) is 18.4 Å². The number of aryl methyl sites for hydroxylation is 1. The molecule has 1 N–H and O–H groups in total. The lowest BCUT2D eigenvalue weighted by atomic mass is 10.1. The molecule has 8 nitrogen and oxygen atoms in total. The van der Waals surface area contributed by atoms with Gasteiger partial charge in [-0.05, 0) is 37.5 Å². The van der Waals surface area contributed by atoms with Crippen molar-refractivity contribution in [2.45, 2.75) is 25.9 Å². The Bertz CT molecular complexity index is 883. The zero-order chi connectivity index (χ0) is 19.2. The van der Waals surface area contributed by atoms with Crippen LogP contribution in [0.5, 0.6) is 5.75 Å². The van der Waals surface area contributed by atoms with Gasteiger partial charge in [-0.15, -0.1) is 0 Å². The number of hydrogen-bond donors (Lipinski definition) is 1. The lowest BCUT2D eigenvalue weighted by Gasteiger charge is -2.11. The summed E-state index contributed by atoms with van der Waals surface area (Å²) in [6.45, 7) is 2.20. The van der Waals surface area contributed by atoms with Crippen LogP contribution >= 0.6 is 0 Å². The Kier molecular flexibility index (Phi) is 6.08. The molecule has 27 heavy (non-hydrogen) atoms.